The standard InChI is InChI=1S/C20H29N3O/c1-4-16(3)21-14-18-19(17-8-6-5-7-9-17)22-24-20(18)23-12-10-15(2)11-13-23/h5-9,15-16,21H,4,10-14H2,1-3H3. The maximum atomic E-state index is 5.83. The quantitative estimate of drug-likeness (QED) is 0.850. The van der Waals surface area contributed by atoms with Crippen molar-refractivity contribution in [2.45, 2.75) is 52.6 Å². The molecule has 1 atom stereocenters. The Morgan fingerprint density at radius 1 is 1.25 bits per heavy atom. The van der Waals surface area contributed by atoms with Crippen molar-refractivity contribution in [3.8, 4) is 11.3 Å². The highest BCUT2D eigenvalue weighted by Gasteiger charge is 2.25. The van der Waals surface area contributed by atoms with Crippen molar-refractivity contribution in [3.05, 3.63) is 35.9 Å². The van der Waals surface area contributed by atoms with Crippen molar-refractivity contribution in [2.24, 2.45) is 5.92 Å². The highest BCUT2D eigenvalue weighted by atomic mass is 16.5. The van der Waals surface area contributed by atoms with Gasteiger partial charge in [-0.15, -0.1) is 0 Å². The number of nitrogens with one attached hydrogen (secondary N) is 1. The lowest BCUT2D eigenvalue weighted by Crippen LogP contribution is -2.34. The van der Waals surface area contributed by atoms with Crippen LogP contribution in [0.15, 0.2) is 34.9 Å². The van der Waals surface area contributed by atoms with Crippen LogP contribution in [0.25, 0.3) is 11.3 Å². The minimum absolute atomic E-state index is 0.484. The van der Waals surface area contributed by atoms with E-state index in [1.165, 1.54) is 18.4 Å². The molecule has 1 aromatic heterocycles. The fourth-order valence-electron chi connectivity index (χ4n) is 3.16. The van der Waals surface area contributed by atoms with Crippen molar-refractivity contribution in [2.75, 3.05) is 18.0 Å². The molecule has 1 N–H and O–H groups in total. The number of nitrogens with zero attached hydrogens (tertiary/aromatic N) is 2. The van der Waals surface area contributed by atoms with E-state index in [1.54, 1.807) is 0 Å². The zero-order valence-corrected chi connectivity index (χ0v) is 15.1. The van der Waals surface area contributed by atoms with Gasteiger partial charge < -0.3 is 14.7 Å². The molecule has 0 saturated carbocycles. The second-order valence-corrected chi connectivity index (χ2v) is 7.04. The van der Waals surface area contributed by atoms with E-state index in [4.69, 9.17) is 4.52 Å². The lowest BCUT2D eigenvalue weighted by atomic mass is 9.98. The van der Waals surface area contributed by atoms with Gasteiger partial charge in [-0.2, -0.15) is 0 Å². The average molecular weight is 327 g/mol. The summed E-state index contributed by atoms with van der Waals surface area (Å²) >= 11 is 0. The first-order valence-electron chi connectivity index (χ1n) is 9.21. The minimum atomic E-state index is 0.484. The first-order chi connectivity index (χ1) is 11.7. The molecule has 4 nitrogen and oxygen atoms in total. The van der Waals surface area contributed by atoms with Crippen LogP contribution in [0.4, 0.5) is 5.88 Å². The van der Waals surface area contributed by atoms with E-state index in [0.29, 0.717) is 6.04 Å². The molecule has 0 aliphatic carbocycles. The summed E-state index contributed by atoms with van der Waals surface area (Å²) in [6, 6.07) is 10.8. The van der Waals surface area contributed by atoms with Crippen molar-refractivity contribution in [3.63, 3.8) is 0 Å². The summed E-state index contributed by atoms with van der Waals surface area (Å²) in [4.78, 5) is 2.37. The summed E-state index contributed by atoms with van der Waals surface area (Å²) < 4.78 is 5.83. The van der Waals surface area contributed by atoms with Crippen LogP contribution in [-0.4, -0.2) is 24.3 Å². The molecule has 24 heavy (non-hydrogen) atoms. The van der Waals surface area contributed by atoms with Crippen LogP contribution in [0.1, 0.15) is 45.6 Å². The Morgan fingerprint density at radius 2 is 1.96 bits per heavy atom. The molecule has 1 aliphatic rings. The Morgan fingerprint density at radius 3 is 2.62 bits per heavy atom. The third kappa shape index (κ3) is 3.81. The van der Waals surface area contributed by atoms with Gasteiger partial charge in [0.1, 0.15) is 5.69 Å². The SMILES string of the molecule is CCC(C)NCc1c(-c2ccccc2)noc1N1CCC(C)CC1. The number of hydrogen-bond acceptors (Lipinski definition) is 4. The smallest absolute Gasteiger partial charge is 0.232 e. The van der Waals surface area contributed by atoms with Crippen molar-refractivity contribution in [1.29, 1.82) is 0 Å². The molecule has 1 saturated heterocycles. The molecule has 2 aromatic rings. The molecule has 1 aromatic carbocycles. The van der Waals surface area contributed by atoms with Crippen LogP contribution in [0.3, 0.4) is 0 Å². The molecule has 0 spiro atoms. The monoisotopic (exact) mass is 327 g/mol. The molecule has 1 fully saturated rings. The van der Waals surface area contributed by atoms with Gasteiger partial charge in [-0.25, -0.2) is 0 Å². The number of benzene rings is 1. The zero-order chi connectivity index (χ0) is 16.9. The molecule has 2 heterocycles. The maximum absolute atomic E-state index is 5.83. The summed E-state index contributed by atoms with van der Waals surface area (Å²) in [5.41, 5.74) is 3.29. The van der Waals surface area contributed by atoms with Crippen molar-refractivity contribution >= 4 is 5.88 Å². The van der Waals surface area contributed by atoms with Crippen LogP contribution in [-0.2, 0) is 6.54 Å². The predicted octanol–water partition coefficient (Wildman–Crippen LogP) is 4.47. The molecule has 3 rings (SSSR count). The Balaban J connectivity index is 1.89. The molecule has 0 radical (unpaired) electrons. The van der Waals surface area contributed by atoms with Crippen LogP contribution >= 0.6 is 0 Å². The summed E-state index contributed by atoms with van der Waals surface area (Å²) in [5, 5.41) is 8.03. The second kappa shape index (κ2) is 7.84. The molecule has 130 valence electrons. The summed E-state index contributed by atoms with van der Waals surface area (Å²) in [5.74, 6) is 1.76. The molecular weight excluding hydrogens is 298 g/mol. The van der Waals surface area contributed by atoms with Gasteiger partial charge in [-0.3, -0.25) is 0 Å². The highest BCUT2D eigenvalue weighted by molar-refractivity contribution is 5.68. The fourth-order valence-corrected chi connectivity index (χ4v) is 3.16. The molecular formula is C20H29N3O. The van der Waals surface area contributed by atoms with Gasteiger partial charge in [0, 0.05) is 31.2 Å². The summed E-state index contributed by atoms with van der Waals surface area (Å²) in [6.45, 7) is 9.67. The van der Waals surface area contributed by atoms with Crippen LogP contribution in [0, 0.1) is 5.92 Å². The lowest BCUT2D eigenvalue weighted by Gasteiger charge is -2.30. The van der Waals surface area contributed by atoms with Crippen molar-refractivity contribution in [1.82, 2.24) is 10.5 Å². The number of piperidine rings is 1. The number of anilines is 1. The second-order valence-electron chi connectivity index (χ2n) is 7.04. The molecule has 0 bridgehead atoms. The van der Waals surface area contributed by atoms with Gasteiger partial charge in [-0.1, -0.05) is 49.3 Å². The highest BCUT2D eigenvalue weighted by Crippen LogP contribution is 2.33. The van der Waals surface area contributed by atoms with Gasteiger partial charge >= 0.3 is 0 Å². The van der Waals surface area contributed by atoms with Gasteiger partial charge in [0.05, 0.1) is 5.56 Å². The van der Waals surface area contributed by atoms with E-state index in [2.05, 4.69) is 60.4 Å². The third-order valence-electron chi connectivity index (χ3n) is 5.13. The summed E-state index contributed by atoms with van der Waals surface area (Å²) in [6.07, 6.45) is 3.56. The van der Waals surface area contributed by atoms with E-state index in [0.717, 1.165) is 49.1 Å². The Bertz CT molecular complexity index is 630. The largest absolute Gasteiger partial charge is 0.340 e. The van der Waals surface area contributed by atoms with Gasteiger partial charge in [0.25, 0.3) is 0 Å². The number of hydrogen-bond donors (Lipinski definition) is 1. The first kappa shape index (κ1) is 17.0. The molecule has 1 unspecified atom stereocenters. The Kier molecular flexibility index (Phi) is 5.56. The number of rotatable bonds is 6. The normalized spacial score (nSPS) is 17.2. The van der Waals surface area contributed by atoms with Crippen molar-refractivity contribution < 1.29 is 4.52 Å². The molecule has 1 aliphatic heterocycles. The Hall–Kier alpha value is -1.81. The lowest BCUT2D eigenvalue weighted by molar-refractivity contribution is 0.379. The summed E-state index contributed by atoms with van der Waals surface area (Å²) in [7, 11) is 0. The fraction of sp³-hybridized carbons (Fsp3) is 0.550. The van der Waals surface area contributed by atoms with E-state index in [1.807, 2.05) is 6.07 Å². The van der Waals surface area contributed by atoms with E-state index in [9.17, 15) is 0 Å². The average Bonchev–Trinajstić information content (AvgIpc) is 3.05. The zero-order valence-electron chi connectivity index (χ0n) is 15.1. The van der Waals surface area contributed by atoms with Gasteiger partial charge in [0.2, 0.25) is 5.88 Å². The van der Waals surface area contributed by atoms with E-state index < -0.39 is 0 Å². The van der Waals surface area contributed by atoms with Gasteiger partial charge in [-0.05, 0) is 32.1 Å². The number of aromatic nitrogens is 1. The topological polar surface area (TPSA) is 41.3 Å². The first-order valence-corrected chi connectivity index (χ1v) is 9.21. The Labute approximate surface area is 145 Å². The van der Waals surface area contributed by atoms with Crippen LogP contribution < -0.4 is 10.2 Å². The van der Waals surface area contributed by atoms with Crippen LogP contribution in [0.2, 0.25) is 0 Å². The van der Waals surface area contributed by atoms with E-state index in [-0.39, 0.29) is 0 Å². The van der Waals surface area contributed by atoms with Gasteiger partial charge in [0.15, 0.2) is 0 Å². The van der Waals surface area contributed by atoms with Crippen LogP contribution in [0.5, 0.6) is 0 Å². The third-order valence-corrected chi connectivity index (χ3v) is 5.13. The molecule has 0 amide bonds. The maximum Gasteiger partial charge on any atom is 0.232 e. The predicted molar refractivity (Wildman–Crippen MR) is 99.1 cm³/mol. The van der Waals surface area contributed by atoms with E-state index >= 15 is 0 Å². The minimum Gasteiger partial charge on any atom is -0.340 e. The molecule has 4 heteroatoms.